The second-order valence-corrected chi connectivity index (χ2v) is 14.9. The molecule has 18 nitrogen and oxygen atoms in total. The van der Waals surface area contributed by atoms with Crippen LogP contribution in [0.4, 0.5) is 4.79 Å². The normalized spacial score (nSPS) is 13.0. The molecule has 0 radical (unpaired) electrons. The number of imide groups is 1. The van der Waals surface area contributed by atoms with E-state index in [4.69, 9.17) is 61.6 Å². The predicted octanol–water partition coefficient (Wildman–Crippen LogP) is 4.02. The van der Waals surface area contributed by atoms with Crippen LogP contribution in [0, 0.1) is 0 Å². The van der Waals surface area contributed by atoms with E-state index in [1.54, 1.807) is 24.3 Å². The zero-order valence-corrected chi connectivity index (χ0v) is 38.6. The topological polar surface area (TPSA) is 186 Å². The van der Waals surface area contributed by atoms with E-state index in [9.17, 15) is 14.4 Å². The number of carbonyl (C=O) groups is 3. The van der Waals surface area contributed by atoms with Crippen LogP contribution in [0.5, 0.6) is 0 Å². The number of rotatable bonds is 41. The maximum atomic E-state index is 12.3. The summed E-state index contributed by atoms with van der Waals surface area (Å²) in [5, 5.41) is 2.74. The second kappa shape index (κ2) is 34.0. The molecule has 3 aromatic rings. The maximum Gasteiger partial charge on any atom is 0.407 e. The molecular formula is C49H68N2O16. The Labute approximate surface area is 393 Å². The van der Waals surface area contributed by atoms with Crippen molar-refractivity contribution in [1.29, 1.82) is 0 Å². The molecule has 370 valence electrons. The van der Waals surface area contributed by atoms with E-state index in [1.807, 2.05) is 24.3 Å². The number of hydrogen-bond donors (Lipinski definition) is 1. The monoisotopic (exact) mass is 940 g/mol. The third-order valence-electron chi connectivity index (χ3n) is 10.3. The van der Waals surface area contributed by atoms with Crippen molar-refractivity contribution in [3.63, 3.8) is 0 Å². The molecule has 5 rings (SSSR count). The third kappa shape index (κ3) is 20.4. The molecule has 0 atom stereocenters. The van der Waals surface area contributed by atoms with Gasteiger partial charge in [-0.25, -0.2) is 4.79 Å². The lowest BCUT2D eigenvalue weighted by atomic mass is 9.98. The van der Waals surface area contributed by atoms with Crippen LogP contribution in [-0.2, 0) is 61.6 Å². The Bertz CT molecular complexity index is 1750. The number of benzene rings is 3. The summed E-state index contributed by atoms with van der Waals surface area (Å²) in [7, 11) is 0. The van der Waals surface area contributed by atoms with Gasteiger partial charge >= 0.3 is 6.09 Å². The molecule has 0 unspecified atom stereocenters. The number of nitrogens with zero attached hydrogens (tertiary/aromatic N) is 1. The van der Waals surface area contributed by atoms with Crippen molar-refractivity contribution in [2.45, 2.75) is 5.92 Å². The molecule has 0 aromatic heterocycles. The smallest absolute Gasteiger partial charge is 0.407 e. The molecule has 0 saturated carbocycles. The highest BCUT2D eigenvalue weighted by Crippen LogP contribution is 2.44. The Morgan fingerprint density at radius 2 is 0.672 bits per heavy atom. The van der Waals surface area contributed by atoms with Gasteiger partial charge in [0.25, 0.3) is 11.8 Å². The van der Waals surface area contributed by atoms with Crippen LogP contribution in [0.2, 0.25) is 0 Å². The van der Waals surface area contributed by atoms with Crippen molar-refractivity contribution in [2.24, 2.45) is 0 Å². The van der Waals surface area contributed by atoms with Crippen molar-refractivity contribution < 1.29 is 76.0 Å². The van der Waals surface area contributed by atoms with Crippen LogP contribution in [0.3, 0.4) is 0 Å². The molecule has 1 aliphatic heterocycles. The summed E-state index contributed by atoms with van der Waals surface area (Å²) in [6.45, 7) is 11.3. The van der Waals surface area contributed by atoms with Crippen LogP contribution in [-0.4, -0.2) is 201 Å². The molecule has 0 fully saturated rings. The Hall–Kier alpha value is -4.41. The lowest BCUT2D eigenvalue weighted by molar-refractivity contribution is -0.0284. The summed E-state index contributed by atoms with van der Waals surface area (Å²) in [6, 6.07) is 23.3. The number of ether oxygens (including phenoxy) is 13. The fourth-order valence-corrected chi connectivity index (χ4v) is 6.99. The fraction of sp³-hybridized carbons (Fsp3) is 0.571. The van der Waals surface area contributed by atoms with Crippen molar-refractivity contribution in [3.05, 3.63) is 95.1 Å². The Kier molecular flexibility index (Phi) is 27.1. The number of nitrogens with one attached hydrogen (secondary N) is 1. The van der Waals surface area contributed by atoms with Crippen molar-refractivity contribution in [1.82, 2.24) is 10.2 Å². The summed E-state index contributed by atoms with van der Waals surface area (Å²) in [6.07, 6.45) is -0.459. The number of fused-ring (bicyclic) bond motifs is 4. The lowest BCUT2D eigenvalue weighted by Gasteiger charge is -2.14. The first kappa shape index (κ1) is 53.5. The Morgan fingerprint density at radius 1 is 0.388 bits per heavy atom. The molecule has 1 heterocycles. The zero-order valence-electron chi connectivity index (χ0n) is 38.6. The van der Waals surface area contributed by atoms with Gasteiger partial charge in [0.2, 0.25) is 0 Å². The molecule has 1 aliphatic carbocycles. The van der Waals surface area contributed by atoms with Gasteiger partial charge in [-0.3, -0.25) is 14.5 Å². The quantitative estimate of drug-likeness (QED) is 0.0635. The molecule has 3 aromatic carbocycles. The second-order valence-electron chi connectivity index (χ2n) is 14.9. The van der Waals surface area contributed by atoms with Crippen molar-refractivity contribution >= 4 is 17.9 Å². The zero-order chi connectivity index (χ0) is 46.8. The lowest BCUT2D eigenvalue weighted by Crippen LogP contribution is -2.33. The maximum absolute atomic E-state index is 12.3. The first-order chi connectivity index (χ1) is 33.1. The van der Waals surface area contributed by atoms with Gasteiger partial charge in [0.15, 0.2) is 0 Å². The largest absolute Gasteiger partial charge is 0.449 e. The van der Waals surface area contributed by atoms with E-state index in [0.717, 1.165) is 0 Å². The summed E-state index contributed by atoms with van der Waals surface area (Å²) in [5.74, 6) is -0.537. The van der Waals surface area contributed by atoms with Crippen molar-refractivity contribution in [2.75, 3.05) is 178 Å². The van der Waals surface area contributed by atoms with E-state index in [-0.39, 0.29) is 37.5 Å². The first-order valence-electron chi connectivity index (χ1n) is 23.1. The number of carbonyl (C=O) groups excluding carboxylic acids is 3. The SMILES string of the molecule is O=C(NCCOCCOCCOCCOCCOCCOCCOCCOCCOCCOCCOCCOCCN1C(=O)c2ccccc2C1=O)OCC1c2ccccc2-c2ccccc21. The summed E-state index contributed by atoms with van der Waals surface area (Å²) < 4.78 is 71.7. The predicted molar refractivity (Wildman–Crippen MR) is 245 cm³/mol. The van der Waals surface area contributed by atoms with Crippen LogP contribution >= 0.6 is 0 Å². The molecule has 0 saturated heterocycles. The molecule has 18 heteroatoms. The Morgan fingerprint density at radius 3 is 1.01 bits per heavy atom. The fourth-order valence-electron chi connectivity index (χ4n) is 6.99. The van der Waals surface area contributed by atoms with Gasteiger partial charge in [0.05, 0.1) is 176 Å². The van der Waals surface area contributed by atoms with E-state index in [0.29, 0.717) is 170 Å². The minimum atomic E-state index is -0.459. The van der Waals surface area contributed by atoms with Gasteiger partial charge in [-0.05, 0) is 34.4 Å². The molecule has 0 bridgehead atoms. The summed E-state index contributed by atoms with van der Waals surface area (Å²) >= 11 is 0. The van der Waals surface area contributed by atoms with Gasteiger partial charge in [-0.15, -0.1) is 0 Å². The molecule has 1 N–H and O–H groups in total. The highest BCUT2D eigenvalue weighted by Gasteiger charge is 2.34. The highest BCUT2D eigenvalue weighted by atomic mass is 16.6. The van der Waals surface area contributed by atoms with Crippen LogP contribution in [0.25, 0.3) is 11.1 Å². The van der Waals surface area contributed by atoms with E-state index in [2.05, 4.69) is 29.6 Å². The standard InChI is InChI=1S/C49H68N2O16/c52-47-44-11-5-6-12-45(44)48(53)51(47)14-16-56-18-20-58-22-24-60-26-28-62-30-32-64-34-36-66-38-37-65-35-33-63-31-29-61-27-25-59-23-21-57-19-17-55-15-13-50-49(54)67-39-46-42-9-3-1-7-40(42)41-8-2-4-10-43(41)46/h1-12,46H,13-39H2,(H,50,54). The van der Waals surface area contributed by atoms with Crippen molar-refractivity contribution in [3.8, 4) is 11.1 Å². The van der Waals surface area contributed by atoms with Gasteiger partial charge in [-0.2, -0.15) is 0 Å². The van der Waals surface area contributed by atoms with Crippen LogP contribution in [0.1, 0.15) is 37.8 Å². The molecule has 0 spiro atoms. The average molecular weight is 941 g/mol. The number of alkyl carbamates (subject to hydrolysis) is 1. The molecule has 3 amide bonds. The van der Waals surface area contributed by atoms with Gasteiger partial charge < -0.3 is 66.9 Å². The number of hydrogen-bond acceptors (Lipinski definition) is 16. The van der Waals surface area contributed by atoms with Crippen LogP contribution < -0.4 is 5.32 Å². The third-order valence-corrected chi connectivity index (χ3v) is 10.3. The Balaban J connectivity index is 0.651. The first-order valence-corrected chi connectivity index (χ1v) is 23.1. The van der Waals surface area contributed by atoms with Gasteiger partial charge in [0.1, 0.15) is 6.61 Å². The van der Waals surface area contributed by atoms with Gasteiger partial charge in [0, 0.05) is 12.5 Å². The van der Waals surface area contributed by atoms with E-state index >= 15 is 0 Å². The molecule has 2 aliphatic rings. The van der Waals surface area contributed by atoms with Gasteiger partial charge in [-0.1, -0.05) is 60.7 Å². The summed E-state index contributed by atoms with van der Waals surface area (Å²) in [5.41, 5.74) is 5.62. The summed E-state index contributed by atoms with van der Waals surface area (Å²) in [4.78, 5) is 38.2. The van der Waals surface area contributed by atoms with Crippen LogP contribution in [0.15, 0.2) is 72.8 Å². The molecular weight excluding hydrogens is 873 g/mol. The minimum Gasteiger partial charge on any atom is -0.449 e. The van der Waals surface area contributed by atoms with E-state index in [1.165, 1.54) is 27.2 Å². The number of amides is 3. The highest BCUT2D eigenvalue weighted by molar-refractivity contribution is 6.21. The average Bonchev–Trinajstić information content (AvgIpc) is 3.80. The minimum absolute atomic E-state index is 0.0288. The van der Waals surface area contributed by atoms with E-state index < -0.39 is 6.09 Å². The molecule has 67 heavy (non-hydrogen) atoms.